The molecule has 164 valence electrons. The van der Waals surface area contributed by atoms with Crippen molar-refractivity contribution in [2.45, 2.75) is 39.5 Å². The Morgan fingerprint density at radius 2 is 1.48 bits per heavy atom. The number of aromatic nitrogens is 2. The topological polar surface area (TPSA) is 87.2 Å². The van der Waals surface area contributed by atoms with Crippen LogP contribution < -0.4 is 14.9 Å². The van der Waals surface area contributed by atoms with Crippen molar-refractivity contribution >= 4 is 33.0 Å². The third kappa shape index (κ3) is 5.52. The van der Waals surface area contributed by atoms with Gasteiger partial charge >= 0.3 is 0 Å². The van der Waals surface area contributed by atoms with Gasteiger partial charge in [0.25, 0.3) is 10.0 Å². The van der Waals surface area contributed by atoms with E-state index in [1.54, 1.807) is 24.3 Å². The van der Waals surface area contributed by atoms with Gasteiger partial charge in [-0.1, -0.05) is 6.07 Å². The summed E-state index contributed by atoms with van der Waals surface area (Å²) in [5.41, 5.74) is 3.29. The van der Waals surface area contributed by atoms with Gasteiger partial charge in [-0.15, -0.1) is 0 Å². The molecular formula is C23H29N5O2S. The predicted octanol–water partition coefficient (Wildman–Crippen LogP) is 4.79. The number of nitrogens with one attached hydrogen (secondary N) is 2. The first-order valence-corrected chi connectivity index (χ1v) is 11.8. The third-order valence-corrected chi connectivity index (χ3v) is 6.49. The molecule has 31 heavy (non-hydrogen) atoms. The Bertz CT molecular complexity index is 1160. The second-order valence-electron chi connectivity index (χ2n) is 7.38. The molecule has 0 unspecified atom stereocenters. The number of nitrogens with zero attached hydrogens (tertiary/aromatic N) is 3. The fourth-order valence-corrected chi connectivity index (χ4v) is 4.33. The van der Waals surface area contributed by atoms with Crippen LogP contribution in [0.2, 0.25) is 0 Å². The zero-order valence-electron chi connectivity index (χ0n) is 18.6. The van der Waals surface area contributed by atoms with Crippen LogP contribution in [-0.2, 0) is 10.0 Å². The van der Waals surface area contributed by atoms with Crippen LogP contribution in [0.5, 0.6) is 0 Å². The van der Waals surface area contributed by atoms with E-state index in [2.05, 4.69) is 38.8 Å². The van der Waals surface area contributed by atoms with Gasteiger partial charge in [0.1, 0.15) is 17.5 Å². The number of benzene rings is 2. The molecular weight excluding hydrogens is 410 g/mol. The zero-order valence-corrected chi connectivity index (χ0v) is 19.4. The van der Waals surface area contributed by atoms with Crippen molar-refractivity contribution in [1.29, 1.82) is 0 Å². The summed E-state index contributed by atoms with van der Waals surface area (Å²) >= 11 is 0. The zero-order chi connectivity index (χ0) is 22.6. The molecule has 0 spiro atoms. The molecule has 0 radical (unpaired) electrons. The van der Waals surface area contributed by atoms with Crippen LogP contribution in [0.25, 0.3) is 0 Å². The molecule has 0 aliphatic carbocycles. The summed E-state index contributed by atoms with van der Waals surface area (Å²) in [5.74, 6) is 2.25. The van der Waals surface area contributed by atoms with Gasteiger partial charge in [-0.2, -0.15) is 0 Å². The first-order chi connectivity index (χ1) is 14.7. The van der Waals surface area contributed by atoms with E-state index in [0.717, 1.165) is 35.7 Å². The molecule has 7 nitrogen and oxygen atoms in total. The lowest BCUT2D eigenvalue weighted by Gasteiger charge is -2.20. The summed E-state index contributed by atoms with van der Waals surface area (Å²) in [4.78, 5) is 11.4. The fraction of sp³-hybridized carbons (Fsp3) is 0.304. The first-order valence-electron chi connectivity index (χ1n) is 10.3. The van der Waals surface area contributed by atoms with E-state index in [-0.39, 0.29) is 4.90 Å². The van der Waals surface area contributed by atoms with Gasteiger partial charge in [0.05, 0.1) is 4.90 Å². The van der Waals surface area contributed by atoms with Crippen LogP contribution in [0.15, 0.2) is 53.4 Å². The molecule has 0 saturated heterocycles. The number of rotatable bonds is 8. The summed E-state index contributed by atoms with van der Waals surface area (Å²) in [7, 11) is -3.65. The minimum Gasteiger partial charge on any atom is -0.357 e. The Balaban J connectivity index is 1.75. The molecule has 8 heteroatoms. The molecule has 3 aromatic rings. The van der Waals surface area contributed by atoms with E-state index < -0.39 is 10.0 Å². The van der Waals surface area contributed by atoms with E-state index in [0.29, 0.717) is 17.3 Å². The standard InChI is InChI=1S/C23H29N5O2S/c1-6-28(7-2)23-15-22(24-18(5)25-23)26-19-9-11-20(12-10-19)27-31(29,30)21-13-8-16(3)17(4)14-21/h8-15,27H,6-7H2,1-5H3,(H,24,25,26). The summed E-state index contributed by atoms with van der Waals surface area (Å²) in [6, 6.07) is 14.1. The molecule has 1 aromatic heterocycles. The Kier molecular flexibility index (Phi) is 6.80. The highest BCUT2D eigenvalue weighted by Gasteiger charge is 2.15. The van der Waals surface area contributed by atoms with Crippen LogP contribution >= 0.6 is 0 Å². The van der Waals surface area contributed by atoms with Crippen molar-refractivity contribution in [2.75, 3.05) is 28.0 Å². The highest BCUT2D eigenvalue weighted by Crippen LogP contribution is 2.23. The molecule has 0 atom stereocenters. The highest BCUT2D eigenvalue weighted by atomic mass is 32.2. The van der Waals surface area contributed by atoms with Crippen LogP contribution in [-0.4, -0.2) is 31.5 Å². The minimum absolute atomic E-state index is 0.248. The Morgan fingerprint density at radius 1 is 0.839 bits per heavy atom. The van der Waals surface area contributed by atoms with E-state index in [9.17, 15) is 8.42 Å². The lowest BCUT2D eigenvalue weighted by Crippen LogP contribution is -2.23. The Morgan fingerprint density at radius 3 is 2.10 bits per heavy atom. The van der Waals surface area contributed by atoms with E-state index in [1.165, 1.54) is 0 Å². The second-order valence-corrected chi connectivity index (χ2v) is 9.07. The number of hydrogen-bond acceptors (Lipinski definition) is 6. The summed E-state index contributed by atoms with van der Waals surface area (Å²) in [5, 5.41) is 3.27. The quantitative estimate of drug-likeness (QED) is 0.525. The van der Waals surface area contributed by atoms with E-state index >= 15 is 0 Å². The molecule has 3 rings (SSSR count). The van der Waals surface area contributed by atoms with Crippen LogP contribution in [0.1, 0.15) is 30.8 Å². The predicted molar refractivity (Wildman–Crippen MR) is 127 cm³/mol. The molecule has 1 heterocycles. The summed E-state index contributed by atoms with van der Waals surface area (Å²) < 4.78 is 28.0. The van der Waals surface area contributed by atoms with Gasteiger partial charge in [0.2, 0.25) is 0 Å². The van der Waals surface area contributed by atoms with Gasteiger partial charge in [-0.3, -0.25) is 4.72 Å². The first kappa shape index (κ1) is 22.6. The van der Waals surface area contributed by atoms with Gasteiger partial charge in [0.15, 0.2) is 0 Å². The smallest absolute Gasteiger partial charge is 0.261 e. The van der Waals surface area contributed by atoms with E-state index in [4.69, 9.17) is 0 Å². The maximum atomic E-state index is 12.7. The van der Waals surface area contributed by atoms with Crippen molar-refractivity contribution in [3.05, 3.63) is 65.5 Å². The summed E-state index contributed by atoms with van der Waals surface area (Å²) in [6.45, 7) is 11.6. The van der Waals surface area contributed by atoms with Crippen molar-refractivity contribution in [1.82, 2.24) is 9.97 Å². The monoisotopic (exact) mass is 439 g/mol. The summed E-state index contributed by atoms with van der Waals surface area (Å²) in [6.07, 6.45) is 0. The lowest BCUT2D eigenvalue weighted by atomic mass is 10.1. The maximum absolute atomic E-state index is 12.7. The lowest BCUT2D eigenvalue weighted by molar-refractivity contribution is 0.601. The largest absolute Gasteiger partial charge is 0.357 e. The van der Waals surface area contributed by atoms with Crippen molar-refractivity contribution in [2.24, 2.45) is 0 Å². The molecule has 0 fully saturated rings. The van der Waals surface area contributed by atoms with Gasteiger partial charge in [0, 0.05) is 30.5 Å². The minimum atomic E-state index is -3.65. The Labute approximate surface area is 184 Å². The molecule has 0 saturated carbocycles. The fourth-order valence-electron chi connectivity index (χ4n) is 3.19. The average Bonchev–Trinajstić information content (AvgIpc) is 2.72. The maximum Gasteiger partial charge on any atom is 0.261 e. The van der Waals surface area contributed by atoms with Crippen molar-refractivity contribution < 1.29 is 8.42 Å². The van der Waals surface area contributed by atoms with Crippen molar-refractivity contribution in [3.8, 4) is 0 Å². The molecule has 0 amide bonds. The van der Waals surface area contributed by atoms with Crippen LogP contribution in [0.3, 0.4) is 0 Å². The molecule has 0 bridgehead atoms. The molecule has 0 aliphatic heterocycles. The average molecular weight is 440 g/mol. The number of hydrogen-bond donors (Lipinski definition) is 2. The second kappa shape index (κ2) is 9.34. The van der Waals surface area contributed by atoms with Crippen LogP contribution in [0.4, 0.5) is 23.0 Å². The Hall–Kier alpha value is -3.13. The number of sulfonamides is 1. The van der Waals surface area contributed by atoms with Gasteiger partial charge < -0.3 is 10.2 Å². The third-order valence-electron chi connectivity index (χ3n) is 5.11. The van der Waals surface area contributed by atoms with Gasteiger partial charge in [-0.25, -0.2) is 18.4 Å². The van der Waals surface area contributed by atoms with Gasteiger partial charge in [-0.05, 0) is 82.1 Å². The number of anilines is 4. The van der Waals surface area contributed by atoms with E-state index in [1.807, 2.05) is 45.0 Å². The molecule has 2 N–H and O–H groups in total. The van der Waals surface area contributed by atoms with Crippen molar-refractivity contribution in [3.63, 3.8) is 0 Å². The number of aryl methyl sites for hydroxylation is 3. The molecule has 0 aliphatic rings. The SMILES string of the molecule is CCN(CC)c1cc(Nc2ccc(NS(=O)(=O)c3ccc(C)c(C)c3)cc2)nc(C)n1. The van der Waals surface area contributed by atoms with Crippen LogP contribution in [0, 0.1) is 20.8 Å². The highest BCUT2D eigenvalue weighted by molar-refractivity contribution is 7.92. The normalized spacial score (nSPS) is 11.3. The molecule has 2 aromatic carbocycles.